The fourth-order valence-corrected chi connectivity index (χ4v) is 8.45. The van der Waals surface area contributed by atoms with Gasteiger partial charge >= 0.3 is 0 Å². The lowest BCUT2D eigenvalue weighted by molar-refractivity contribution is 0.0981. The number of amides is 1. The highest BCUT2D eigenvalue weighted by Gasteiger charge is 2.41. The van der Waals surface area contributed by atoms with Gasteiger partial charge in [0.2, 0.25) is 5.88 Å². The number of hydrogen-bond acceptors (Lipinski definition) is 8. The average molecular weight is 582 g/mol. The van der Waals surface area contributed by atoms with Gasteiger partial charge in [-0.15, -0.1) is 5.10 Å². The van der Waals surface area contributed by atoms with Crippen LogP contribution in [0.25, 0.3) is 5.82 Å². The molecule has 12 heteroatoms. The van der Waals surface area contributed by atoms with Gasteiger partial charge in [-0.3, -0.25) is 9.48 Å². The van der Waals surface area contributed by atoms with Gasteiger partial charge in [-0.05, 0) is 82.3 Å². The molecule has 41 heavy (non-hydrogen) atoms. The second-order valence-electron chi connectivity index (χ2n) is 12.8. The molecule has 1 N–H and O–H groups in total. The summed E-state index contributed by atoms with van der Waals surface area (Å²) in [6.07, 6.45) is 9.36. The monoisotopic (exact) mass is 581 g/mol. The van der Waals surface area contributed by atoms with Crippen molar-refractivity contribution >= 4 is 21.7 Å². The van der Waals surface area contributed by atoms with Crippen molar-refractivity contribution in [1.29, 1.82) is 0 Å². The molecule has 3 fully saturated rings. The zero-order valence-electron chi connectivity index (χ0n) is 24.4. The van der Waals surface area contributed by atoms with Crippen molar-refractivity contribution < 1.29 is 17.9 Å². The molecule has 3 aromatic rings. The van der Waals surface area contributed by atoms with Crippen LogP contribution in [0.5, 0.6) is 5.88 Å². The predicted octanol–water partition coefficient (Wildman–Crippen LogP) is 3.87. The Balaban J connectivity index is 1.27. The maximum Gasteiger partial charge on any atom is 0.268 e. The maximum atomic E-state index is 13.5. The van der Waals surface area contributed by atoms with Crippen molar-refractivity contribution in [3.63, 3.8) is 0 Å². The van der Waals surface area contributed by atoms with E-state index in [1.807, 2.05) is 6.07 Å². The first-order valence-electron chi connectivity index (χ1n) is 14.4. The summed E-state index contributed by atoms with van der Waals surface area (Å²) in [6.45, 7) is 9.34. The van der Waals surface area contributed by atoms with Crippen LogP contribution in [0, 0.1) is 30.6 Å². The van der Waals surface area contributed by atoms with E-state index in [0.29, 0.717) is 48.2 Å². The summed E-state index contributed by atoms with van der Waals surface area (Å²) in [7, 11) is -2.50. The van der Waals surface area contributed by atoms with E-state index in [0.717, 1.165) is 18.3 Å². The molecule has 3 aliphatic rings. The number of carbonyl (C=O) groups is 1. The number of nitrogens with one attached hydrogen (secondary N) is 1. The van der Waals surface area contributed by atoms with Crippen LogP contribution in [0.15, 0.2) is 35.5 Å². The average Bonchev–Trinajstić information content (AvgIpc) is 3.72. The molecule has 4 atom stereocenters. The molecule has 3 unspecified atom stereocenters. The molecular formula is C29H39N7O4S. The zero-order valence-corrected chi connectivity index (χ0v) is 25.2. The van der Waals surface area contributed by atoms with Crippen LogP contribution < -0.4 is 14.4 Å². The van der Waals surface area contributed by atoms with E-state index in [9.17, 15) is 13.2 Å². The van der Waals surface area contributed by atoms with Crippen molar-refractivity contribution in [3.05, 3.63) is 41.9 Å². The van der Waals surface area contributed by atoms with Crippen molar-refractivity contribution in [2.75, 3.05) is 18.1 Å². The highest BCUT2D eigenvalue weighted by molar-refractivity contribution is 7.90. The molecule has 2 saturated carbocycles. The van der Waals surface area contributed by atoms with E-state index >= 15 is 0 Å². The summed E-state index contributed by atoms with van der Waals surface area (Å²) in [5, 5.41) is 8.72. The van der Waals surface area contributed by atoms with E-state index in [4.69, 9.17) is 9.72 Å². The summed E-state index contributed by atoms with van der Waals surface area (Å²) in [5.74, 6) is 3.38. The third-order valence-corrected chi connectivity index (χ3v) is 10.5. The SMILES string of the molecule is Cc1nn(C)cc1S(=O)(=O)NC(=O)c1ccc(-n2ccc(OCC3CC4CCC3C4)n2)nc1N1C[C@@H](C)CC1(C)C. The Bertz CT molecular complexity index is 1580. The summed E-state index contributed by atoms with van der Waals surface area (Å²) < 4.78 is 37.6. The Kier molecular flexibility index (Phi) is 6.87. The van der Waals surface area contributed by atoms with Crippen LogP contribution in [-0.4, -0.2) is 57.6 Å². The van der Waals surface area contributed by atoms with Gasteiger partial charge in [0.15, 0.2) is 5.82 Å². The summed E-state index contributed by atoms with van der Waals surface area (Å²) in [4.78, 5) is 20.4. The lowest BCUT2D eigenvalue weighted by Crippen LogP contribution is -2.41. The van der Waals surface area contributed by atoms with E-state index in [-0.39, 0.29) is 16.0 Å². The molecule has 6 rings (SSSR count). The van der Waals surface area contributed by atoms with E-state index in [2.05, 4.69) is 40.6 Å². The number of anilines is 1. The van der Waals surface area contributed by atoms with Crippen LogP contribution in [0.1, 0.15) is 68.9 Å². The predicted molar refractivity (Wildman–Crippen MR) is 154 cm³/mol. The molecule has 0 aromatic carbocycles. The molecule has 1 aliphatic heterocycles. The van der Waals surface area contributed by atoms with Crippen molar-refractivity contribution in [1.82, 2.24) is 29.3 Å². The highest BCUT2D eigenvalue weighted by atomic mass is 32.2. The van der Waals surface area contributed by atoms with Gasteiger partial charge in [0.05, 0.1) is 17.9 Å². The minimum Gasteiger partial charge on any atom is -0.476 e. The number of aromatic nitrogens is 5. The van der Waals surface area contributed by atoms with Gasteiger partial charge in [-0.25, -0.2) is 22.8 Å². The maximum absolute atomic E-state index is 13.5. The van der Waals surface area contributed by atoms with Crippen molar-refractivity contribution in [2.24, 2.45) is 30.7 Å². The van der Waals surface area contributed by atoms with Crippen LogP contribution in [0.2, 0.25) is 0 Å². The first kappa shape index (κ1) is 27.7. The third kappa shape index (κ3) is 5.33. The number of pyridine rings is 1. The Morgan fingerprint density at radius 2 is 1.98 bits per heavy atom. The number of nitrogens with zero attached hydrogens (tertiary/aromatic N) is 6. The molecule has 3 aromatic heterocycles. The van der Waals surface area contributed by atoms with Crippen LogP contribution in [0.4, 0.5) is 5.82 Å². The lowest BCUT2D eigenvalue weighted by Gasteiger charge is -2.34. The minimum atomic E-state index is -4.14. The largest absolute Gasteiger partial charge is 0.476 e. The normalized spacial score (nSPS) is 25.1. The Morgan fingerprint density at radius 1 is 1.17 bits per heavy atom. The second kappa shape index (κ2) is 10.1. The topological polar surface area (TPSA) is 124 Å². The van der Waals surface area contributed by atoms with Crippen molar-refractivity contribution in [2.45, 2.75) is 70.2 Å². The highest BCUT2D eigenvalue weighted by Crippen LogP contribution is 2.48. The number of fused-ring (bicyclic) bond motifs is 2. The van der Waals surface area contributed by atoms with Gasteiger partial charge < -0.3 is 9.64 Å². The van der Waals surface area contributed by atoms with Crippen LogP contribution in [0.3, 0.4) is 0 Å². The lowest BCUT2D eigenvalue weighted by atomic mass is 9.90. The number of carbonyl (C=O) groups excluding carboxylic acids is 1. The van der Waals surface area contributed by atoms with E-state index in [1.54, 1.807) is 37.0 Å². The number of aryl methyl sites for hydroxylation is 2. The summed E-state index contributed by atoms with van der Waals surface area (Å²) >= 11 is 0. The van der Waals surface area contributed by atoms with Gasteiger partial charge in [-0.2, -0.15) is 5.10 Å². The first-order chi connectivity index (χ1) is 19.4. The summed E-state index contributed by atoms with van der Waals surface area (Å²) in [6, 6.07) is 5.13. The molecule has 0 radical (unpaired) electrons. The number of ether oxygens (including phenoxy) is 1. The van der Waals surface area contributed by atoms with Crippen LogP contribution >= 0.6 is 0 Å². The molecule has 1 saturated heterocycles. The van der Waals surface area contributed by atoms with E-state index < -0.39 is 15.9 Å². The number of sulfonamides is 1. The number of rotatable bonds is 8. The second-order valence-corrected chi connectivity index (χ2v) is 14.5. The molecule has 11 nitrogen and oxygen atoms in total. The Morgan fingerprint density at radius 3 is 2.61 bits per heavy atom. The molecular weight excluding hydrogens is 542 g/mol. The Labute approximate surface area is 241 Å². The summed E-state index contributed by atoms with van der Waals surface area (Å²) in [5.41, 5.74) is 0.215. The van der Waals surface area contributed by atoms with Gasteiger partial charge in [-0.1, -0.05) is 13.3 Å². The standard InChI is InChI=1S/C29H39N7O4S/c1-18-14-29(3,4)35(15-18)27-23(28(37)33-41(38,39)24-16-34(5)31-19(24)2)8-9-25(30-27)36-11-10-26(32-36)40-17-22-13-20-6-7-21(22)12-20/h8-11,16,18,20-22H,6-7,12-15,17H2,1-5H3,(H,33,37)/t18-,20?,21?,22?/m0/s1. The fourth-order valence-electron chi connectivity index (χ4n) is 7.27. The fraction of sp³-hybridized carbons (Fsp3) is 0.586. The van der Waals surface area contributed by atoms with Crippen LogP contribution in [-0.2, 0) is 17.1 Å². The third-order valence-electron chi connectivity index (χ3n) is 9.05. The number of hydrogen-bond donors (Lipinski definition) is 1. The molecule has 1 amide bonds. The minimum absolute atomic E-state index is 0.0379. The zero-order chi connectivity index (χ0) is 29.1. The molecule has 0 spiro atoms. The first-order valence-corrected chi connectivity index (χ1v) is 15.9. The quantitative estimate of drug-likeness (QED) is 0.425. The van der Waals surface area contributed by atoms with Crippen molar-refractivity contribution in [3.8, 4) is 11.7 Å². The van der Waals surface area contributed by atoms with Gasteiger partial charge in [0.1, 0.15) is 10.7 Å². The molecule has 2 bridgehead atoms. The van der Waals surface area contributed by atoms with Gasteiger partial charge in [0.25, 0.3) is 15.9 Å². The van der Waals surface area contributed by atoms with Gasteiger partial charge in [0, 0.05) is 37.6 Å². The Hall–Kier alpha value is -3.41. The molecule has 2 aliphatic carbocycles. The molecule has 4 heterocycles. The van der Waals surface area contributed by atoms with E-state index in [1.165, 1.54) is 36.6 Å². The smallest absolute Gasteiger partial charge is 0.268 e. The molecule has 220 valence electrons.